The van der Waals surface area contributed by atoms with Gasteiger partial charge in [0.2, 0.25) is 0 Å². The third-order valence-corrected chi connectivity index (χ3v) is 3.18. The fourth-order valence-electron chi connectivity index (χ4n) is 1.91. The summed E-state index contributed by atoms with van der Waals surface area (Å²) in [6, 6.07) is 2.16. The number of alkyl carbamates (subject to hydrolysis) is 1. The molecule has 17 heavy (non-hydrogen) atoms. The van der Waals surface area contributed by atoms with Crippen LogP contribution < -0.4 is 10.2 Å². The van der Waals surface area contributed by atoms with Crippen molar-refractivity contribution < 1.29 is 9.53 Å². The van der Waals surface area contributed by atoms with Crippen LogP contribution in [0.25, 0.3) is 0 Å². The highest BCUT2D eigenvalue weighted by atomic mass is 79.9. The molecule has 1 unspecified atom stereocenters. The Hall–Kier alpha value is -1.30. The van der Waals surface area contributed by atoms with Crippen molar-refractivity contribution in [3.05, 3.63) is 22.9 Å². The summed E-state index contributed by atoms with van der Waals surface area (Å²) in [5, 5.41) is 2.81. The van der Waals surface area contributed by atoms with E-state index in [1.54, 1.807) is 6.20 Å². The third-order valence-electron chi connectivity index (χ3n) is 2.75. The first-order chi connectivity index (χ1) is 8.19. The molecular formula is C11H14BrN3O2. The molecule has 5 nitrogen and oxygen atoms in total. The number of aromatic nitrogens is 1. The molecule has 6 heteroatoms. The van der Waals surface area contributed by atoms with Gasteiger partial charge in [-0.1, -0.05) is 0 Å². The quantitative estimate of drug-likeness (QED) is 0.904. The summed E-state index contributed by atoms with van der Waals surface area (Å²) in [4.78, 5) is 17.4. The van der Waals surface area contributed by atoms with Crippen LogP contribution in [-0.4, -0.2) is 37.3 Å². The average molecular weight is 300 g/mol. The van der Waals surface area contributed by atoms with Gasteiger partial charge in [-0.2, -0.15) is 0 Å². The van der Waals surface area contributed by atoms with Crippen LogP contribution in [0.15, 0.2) is 22.9 Å². The SMILES string of the molecule is COC(=O)NC1CCN(c2cncc(Br)c2)C1. The van der Waals surface area contributed by atoms with Crippen molar-refractivity contribution in [3.8, 4) is 0 Å². The van der Waals surface area contributed by atoms with E-state index in [1.807, 2.05) is 12.3 Å². The van der Waals surface area contributed by atoms with Crippen molar-refractivity contribution in [2.75, 3.05) is 25.1 Å². The lowest BCUT2D eigenvalue weighted by molar-refractivity contribution is 0.167. The standard InChI is InChI=1S/C11H14BrN3O2/c1-17-11(16)14-9-2-3-15(7-9)10-4-8(12)5-13-6-10/h4-6,9H,2-3,7H2,1H3,(H,14,16). The molecule has 1 fully saturated rings. The van der Waals surface area contributed by atoms with Crippen molar-refractivity contribution >= 4 is 27.7 Å². The zero-order valence-electron chi connectivity index (χ0n) is 9.52. The average Bonchev–Trinajstić information content (AvgIpc) is 2.77. The number of hydrogen-bond acceptors (Lipinski definition) is 4. The van der Waals surface area contributed by atoms with Crippen molar-refractivity contribution in [2.45, 2.75) is 12.5 Å². The molecule has 0 aromatic carbocycles. The molecule has 2 heterocycles. The number of anilines is 1. The lowest BCUT2D eigenvalue weighted by Crippen LogP contribution is -2.36. The molecule has 1 saturated heterocycles. The highest BCUT2D eigenvalue weighted by molar-refractivity contribution is 9.10. The van der Waals surface area contributed by atoms with Crippen molar-refractivity contribution in [1.29, 1.82) is 0 Å². The van der Waals surface area contributed by atoms with Crippen molar-refractivity contribution in [2.24, 2.45) is 0 Å². The van der Waals surface area contributed by atoms with E-state index in [-0.39, 0.29) is 12.1 Å². The van der Waals surface area contributed by atoms with E-state index in [9.17, 15) is 4.79 Å². The highest BCUT2D eigenvalue weighted by Crippen LogP contribution is 2.22. The molecule has 1 atom stereocenters. The van der Waals surface area contributed by atoms with Crippen molar-refractivity contribution in [1.82, 2.24) is 10.3 Å². The van der Waals surface area contributed by atoms with Gasteiger partial charge in [-0.05, 0) is 28.4 Å². The number of carbonyl (C=O) groups is 1. The van der Waals surface area contributed by atoms with E-state index in [4.69, 9.17) is 0 Å². The zero-order valence-corrected chi connectivity index (χ0v) is 11.1. The van der Waals surface area contributed by atoms with E-state index < -0.39 is 0 Å². The van der Waals surface area contributed by atoms with Crippen LogP contribution in [0.2, 0.25) is 0 Å². The second-order valence-electron chi connectivity index (χ2n) is 3.93. The summed E-state index contributed by atoms with van der Waals surface area (Å²) < 4.78 is 5.54. The minimum Gasteiger partial charge on any atom is -0.453 e. The Kier molecular flexibility index (Phi) is 3.83. The van der Waals surface area contributed by atoms with E-state index in [1.165, 1.54) is 7.11 Å². The highest BCUT2D eigenvalue weighted by Gasteiger charge is 2.24. The molecule has 92 valence electrons. The molecule has 0 bridgehead atoms. The molecule has 1 aromatic rings. The first kappa shape index (κ1) is 12.2. The summed E-state index contributed by atoms with van der Waals surface area (Å²) in [5.74, 6) is 0. The second kappa shape index (κ2) is 5.35. The second-order valence-corrected chi connectivity index (χ2v) is 4.84. The van der Waals surface area contributed by atoms with Gasteiger partial charge in [0.25, 0.3) is 0 Å². The Balaban J connectivity index is 1.96. The van der Waals surface area contributed by atoms with Crippen molar-refractivity contribution in [3.63, 3.8) is 0 Å². The summed E-state index contributed by atoms with van der Waals surface area (Å²) in [6.07, 6.45) is 4.13. The van der Waals surface area contributed by atoms with Crippen LogP contribution in [0.3, 0.4) is 0 Å². The maximum Gasteiger partial charge on any atom is 0.407 e. The zero-order chi connectivity index (χ0) is 12.3. The summed E-state index contributed by atoms with van der Waals surface area (Å²) in [6.45, 7) is 1.69. The number of methoxy groups -OCH3 is 1. The van der Waals surface area contributed by atoms with E-state index >= 15 is 0 Å². The molecule has 0 spiro atoms. The lowest BCUT2D eigenvalue weighted by atomic mass is 10.3. The van der Waals surface area contributed by atoms with Gasteiger partial charge in [-0.25, -0.2) is 4.79 Å². The number of rotatable bonds is 2. The largest absolute Gasteiger partial charge is 0.453 e. The van der Waals surface area contributed by atoms with Gasteiger partial charge in [0.1, 0.15) is 0 Å². The molecule has 1 aliphatic heterocycles. The van der Waals surface area contributed by atoms with E-state index in [0.717, 1.165) is 29.7 Å². The first-order valence-electron chi connectivity index (χ1n) is 5.39. The maximum atomic E-state index is 11.1. The van der Waals surface area contributed by atoms with Crippen LogP contribution >= 0.6 is 15.9 Å². The van der Waals surface area contributed by atoms with Gasteiger partial charge in [0, 0.05) is 23.8 Å². The lowest BCUT2D eigenvalue weighted by Gasteiger charge is -2.18. The molecule has 0 aliphatic carbocycles. The Bertz CT molecular complexity index is 413. The summed E-state index contributed by atoms with van der Waals surface area (Å²) >= 11 is 3.40. The van der Waals surface area contributed by atoms with E-state index in [2.05, 4.69) is 35.9 Å². The fraction of sp³-hybridized carbons (Fsp3) is 0.455. The van der Waals surface area contributed by atoms with Crippen LogP contribution in [0.4, 0.5) is 10.5 Å². The van der Waals surface area contributed by atoms with Gasteiger partial charge in [0.05, 0.1) is 25.0 Å². The molecule has 2 rings (SSSR count). The maximum absolute atomic E-state index is 11.1. The molecule has 0 radical (unpaired) electrons. The van der Waals surface area contributed by atoms with Crippen LogP contribution in [-0.2, 0) is 4.74 Å². The minimum absolute atomic E-state index is 0.140. The minimum atomic E-state index is -0.371. The topological polar surface area (TPSA) is 54.5 Å². The van der Waals surface area contributed by atoms with Crippen LogP contribution in [0.1, 0.15) is 6.42 Å². The first-order valence-corrected chi connectivity index (χ1v) is 6.18. The van der Waals surface area contributed by atoms with E-state index in [0.29, 0.717) is 0 Å². The van der Waals surface area contributed by atoms with Crippen LogP contribution in [0.5, 0.6) is 0 Å². The molecule has 1 aliphatic rings. The number of amides is 1. The normalized spacial score (nSPS) is 19.2. The number of halogens is 1. The fourth-order valence-corrected chi connectivity index (χ4v) is 2.26. The Labute approximate surface area is 108 Å². The Morgan fingerprint density at radius 2 is 2.47 bits per heavy atom. The number of ether oxygens (including phenoxy) is 1. The summed E-state index contributed by atoms with van der Waals surface area (Å²) in [5.41, 5.74) is 1.06. The predicted molar refractivity (Wildman–Crippen MR) is 68.1 cm³/mol. The number of nitrogens with one attached hydrogen (secondary N) is 1. The van der Waals surface area contributed by atoms with Gasteiger partial charge < -0.3 is 15.0 Å². The van der Waals surface area contributed by atoms with Gasteiger partial charge in [-0.15, -0.1) is 0 Å². The molecule has 1 N–H and O–H groups in total. The molecule has 1 aromatic heterocycles. The molecule has 1 amide bonds. The van der Waals surface area contributed by atoms with Gasteiger partial charge >= 0.3 is 6.09 Å². The van der Waals surface area contributed by atoms with Gasteiger partial charge in [-0.3, -0.25) is 4.98 Å². The predicted octanol–water partition coefficient (Wildman–Crippen LogP) is 1.78. The summed E-state index contributed by atoms with van der Waals surface area (Å²) in [7, 11) is 1.38. The molecular weight excluding hydrogens is 286 g/mol. The van der Waals surface area contributed by atoms with Gasteiger partial charge in [0.15, 0.2) is 0 Å². The smallest absolute Gasteiger partial charge is 0.407 e. The number of nitrogens with zero attached hydrogens (tertiary/aromatic N) is 2. The van der Waals surface area contributed by atoms with Crippen LogP contribution in [0, 0.1) is 0 Å². The molecule has 0 saturated carbocycles. The number of carbonyl (C=O) groups excluding carboxylic acids is 1. The number of pyridine rings is 1. The Morgan fingerprint density at radius 3 is 3.18 bits per heavy atom. The monoisotopic (exact) mass is 299 g/mol. The number of hydrogen-bond donors (Lipinski definition) is 1. The third kappa shape index (κ3) is 3.09. The Morgan fingerprint density at radius 1 is 1.65 bits per heavy atom.